The maximum absolute atomic E-state index is 12.1. The topological polar surface area (TPSA) is 47.8 Å². The summed E-state index contributed by atoms with van der Waals surface area (Å²) in [5.74, 6) is -0.0695. The Morgan fingerprint density at radius 1 is 1.42 bits per heavy atom. The van der Waals surface area contributed by atoms with Gasteiger partial charge in [0.05, 0.1) is 11.4 Å². The molecule has 0 aliphatic rings. The number of nitrogens with zero attached hydrogens (tertiary/aromatic N) is 3. The Morgan fingerprint density at radius 3 is 2.74 bits per heavy atom. The van der Waals surface area contributed by atoms with Crippen LogP contribution in [0, 0.1) is 5.92 Å². The fraction of sp³-hybridized carbons (Fsp3) is 0.357. The highest BCUT2D eigenvalue weighted by atomic mass is 35.5. The Labute approximate surface area is 117 Å². The zero-order valence-electron chi connectivity index (χ0n) is 11.2. The Bertz CT molecular complexity index is 604. The first kappa shape index (κ1) is 13.7. The molecule has 0 spiro atoms. The Balaban J connectivity index is 2.51. The SMILES string of the molecule is CCc1c(C(=O)C(C)C)nnn1-c1cccc(Cl)c1. The number of rotatable bonds is 4. The van der Waals surface area contributed by atoms with Crippen LogP contribution in [0.25, 0.3) is 5.69 Å². The lowest BCUT2D eigenvalue weighted by molar-refractivity contribution is 0.0933. The lowest BCUT2D eigenvalue weighted by atomic mass is 10.0. The molecule has 0 radical (unpaired) electrons. The van der Waals surface area contributed by atoms with E-state index in [0.29, 0.717) is 17.1 Å². The van der Waals surface area contributed by atoms with E-state index in [4.69, 9.17) is 11.6 Å². The van der Waals surface area contributed by atoms with Crippen molar-refractivity contribution >= 4 is 17.4 Å². The molecule has 0 fully saturated rings. The van der Waals surface area contributed by atoms with Gasteiger partial charge < -0.3 is 0 Å². The third kappa shape index (κ3) is 2.68. The molecule has 0 saturated heterocycles. The fourth-order valence-corrected chi connectivity index (χ4v) is 2.08. The van der Waals surface area contributed by atoms with Crippen molar-refractivity contribution in [3.63, 3.8) is 0 Å². The first-order valence-corrected chi connectivity index (χ1v) is 6.67. The standard InChI is InChI=1S/C14H16ClN3O/c1-4-12-13(14(19)9(2)3)16-17-18(12)11-7-5-6-10(15)8-11/h5-9H,4H2,1-3H3. The normalized spacial score (nSPS) is 11.0. The van der Waals surface area contributed by atoms with Gasteiger partial charge in [0.25, 0.3) is 0 Å². The molecular formula is C14H16ClN3O. The maximum atomic E-state index is 12.1. The van der Waals surface area contributed by atoms with Gasteiger partial charge in [0.1, 0.15) is 0 Å². The van der Waals surface area contributed by atoms with E-state index < -0.39 is 0 Å². The summed E-state index contributed by atoms with van der Waals surface area (Å²) in [7, 11) is 0. The molecule has 1 aromatic carbocycles. The van der Waals surface area contributed by atoms with Crippen molar-refractivity contribution in [1.82, 2.24) is 15.0 Å². The van der Waals surface area contributed by atoms with E-state index in [1.807, 2.05) is 32.9 Å². The Morgan fingerprint density at radius 2 is 2.16 bits per heavy atom. The summed E-state index contributed by atoms with van der Waals surface area (Å²) in [5, 5.41) is 8.75. The first-order valence-electron chi connectivity index (χ1n) is 6.29. The molecule has 1 heterocycles. The predicted molar refractivity (Wildman–Crippen MR) is 74.9 cm³/mol. The van der Waals surface area contributed by atoms with Crippen molar-refractivity contribution in [2.75, 3.05) is 0 Å². The molecule has 100 valence electrons. The fourth-order valence-electron chi connectivity index (χ4n) is 1.90. The van der Waals surface area contributed by atoms with Crippen molar-refractivity contribution in [1.29, 1.82) is 0 Å². The number of aromatic nitrogens is 3. The number of carbonyl (C=O) groups excluding carboxylic acids is 1. The number of carbonyl (C=O) groups is 1. The smallest absolute Gasteiger partial charge is 0.187 e. The van der Waals surface area contributed by atoms with E-state index in [1.54, 1.807) is 16.8 Å². The van der Waals surface area contributed by atoms with Gasteiger partial charge in [0, 0.05) is 10.9 Å². The average molecular weight is 278 g/mol. The second-order valence-electron chi connectivity index (χ2n) is 4.65. The molecule has 0 atom stereocenters. The largest absolute Gasteiger partial charge is 0.292 e. The van der Waals surface area contributed by atoms with Gasteiger partial charge >= 0.3 is 0 Å². The van der Waals surface area contributed by atoms with E-state index >= 15 is 0 Å². The summed E-state index contributed by atoms with van der Waals surface area (Å²) in [6, 6.07) is 7.35. The molecule has 5 heteroatoms. The third-order valence-electron chi connectivity index (χ3n) is 2.91. The minimum absolute atomic E-state index is 0.0186. The summed E-state index contributed by atoms with van der Waals surface area (Å²) in [5.41, 5.74) is 2.10. The lowest BCUT2D eigenvalue weighted by Gasteiger charge is -2.07. The molecule has 19 heavy (non-hydrogen) atoms. The van der Waals surface area contributed by atoms with E-state index in [-0.39, 0.29) is 11.7 Å². The highest BCUT2D eigenvalue weighted by molar-refractivity contribution is 6.30. The van der Waals surface area contributed by atoms with Gasteiger partial charge in [-0.25, -0.2) is 4.68 Å². The summed E-state index contributed by atoms with van der Waals surface area (Å²) in [4.78, 5) is 12.1. The number of Topliss-reactive ketones (excluding diaryl/α,β-unsaturated/α-hetero) is 1. The third-order valence-corrected chi connectivity index (χ3v) is 3.14. The maximum Gasteiger partial charge on any atom is 0.187 e. The molecule has 0 saturated carbocycles. The van der Waals surface area contributed by atoms with Crippen molar-refractivity contribution < 1.29 is 4.79 Å². The molecule has 0 amide bonds. The van der Waals surface area contributed by atoms with Gasteiger partial charge in [0.15, 0.2) is 11.5 Å². The second-order valence-corrected chi connectivity index (χ2v) is 5.09. The van der Waals surface area contributed by atoms with Crippen LogP contribution in [0.3, 0.4) is 0 Å². The molecule has 0 aliphatic carbocycles. The quantitative estimate of drug-likeness (QED) is 0.806. The molecular weight excluding hydrogens is 262 g/mol. The number of hydrogen-bond acceptors (Lipinski definition) is 3. The van der Waals surface area contributed by atoms with Gasteiger partial charge in [-0.15, -0.1) is 5.10 Å². The number of ketones is 1. The second kappa shape index (κ2) is 5.53. The highest BCUT2D eigenvalue weighted by Gasteiger charge is 2.21. The predicted octanol–water partition coefficient (Wildman–Crippen LogP) is 3.32. The minimum Gasteiger partial charge on any atom is -0.292 e. The molecule has 4 nitrogen and oxygen atoms in total. The number of benzene rings is 1. The van der Waals surface area contributed by atoms with Gasteiger partial charge in [-0.2, -0.15) is 0 Å². The summed E-state index contributed by atoms with van der Waals surface area (Å²) < 4.78 is 1.68. The molecule has 0 aliphatic heterocycles. The molecule has 0 N–H and O–H groups in total. The van der Waals surface area contributed by atoms with E-state index in [9.17, 15) is 4.79 Å². The van der Waals surface area contributed by atoms with Gasteiger partial charge in [-0.1, -0.05) is 43.7 Å². The summed E-state index contributed by atoms with van der Waals surface area (Å²) in [6.07, 6.45) is 0.688. The van der Waals surface area contributed by atoms with Crippen LogP contribution < -0.4 is 0 Å². The van der Waals surface area contributed by atoms with Gasteiger partial charge in [-0.05, 0) is 24.6 Å². The molecule has 0 bridgehead atoms. The van der Waals surface area contributed by atoms with Crippen molar-refractivity contribution in [2.24, 2.45) is 5.92 Å². The van der Waals surface area contributed by atoms with Crippen LogP contribution in [-0.2, 0) is 6.42 Å². The minimum atomic E-state index is -0.0881. The Hall–Kier alpha value is -1.68. The van der Waals surface area contributed by atoms with E-state index in [2.05, 4.69) is 10.3 Å². The van der Waals surface area contributed by atoms with Crippen molar-refractivity contribution in [2.45, 2.75) is 27.2 Å². The van der Waals surface area contributed by atoms with E-state index in [1.165, 1.54) is 0 Å². The lowest BCUT2D eigenvalue weighted by Crippen LogP contribution is -2.11. The molecule has 0 unspecified atom stereocenters. The van der Waals surface area contributed by atoms with Crippen LogP contribution in [0.2, 0.25) is 5.02 Å². The zero-order valence-corrected chi connectivity index (χ0v) is 12.0. The average Bonchev–Trinajstić information content (AvgIpc) is 2.81. The Kier molecular flexibility index (Phi) is 4.00. The number of hydrogen-bond donors (Lipinski definition) is 0. The van der Waals surface area contributed by atoms with Crippen LogP contribution in [-0.4, -0.2) is 20.8 Å². The van der Waals surface area contributed by atoms with Crippen molar-refractivity contribution in [3.05, 3.63) is 40.7 Å². The van der Waals surface area contributed by atoms with Crippen LogP contribution in [0.5, 0.6) is 0 Å². The van der Waals surface area contributed by atoms with Gasteiger partial charge in [-0.3, -0.25) is 4.79 Å². The summed E-state index contributed by atoms with van der Waals surface area (Å²) >= 11 is 5.98. The van der Waals surface area contributed by atoms with Crippen LogP contribution in [0.15, 0.2) is 24.3 Å². The zero-order chi connectivity index (χ0) is 14.0. The molecule has 2 aromatic rings. The first-order chi connectivity index (χ1) is 9.04. The number of halogens is 1. The van der Waals surface area contributed by atoms with Crippen molar-refractivity contribution in [3.8, 4) is 5.69 Å². The van der Waals surface area contributed by atoms with Crippen LogP contribution in [0.1, 0.15) is 37.0 Å². The molecule has 2 rings (SSSR count). The van der Waals surface area contributed by atoms with Gasteiger partial charge in [0.2, 0.25) is 0 Å². The van der Waals surface area contributed by atoms with E-state index in [0.717, 1.165) is 11.4 Å². The van der Waals surface area contributed by atoms with Crippen LogP contribution >= 0.6 is 11.6 Å². The monoisotopic (exact) mass is 277 g/mol. The highest BCUT2D eigenvalue weighted by Crippen LogP contribution is 2.19. The molecule has 1 aromatic heterocycles. The van der Waals surface area contributed by atoms with Crippen LogP contribution in [0.4, 0.5) is 0 Å². The summed E-state index contributed by atoms with van der Waals surface area (Å²) in [6.45, 7) is 5.71.